The van der Waals surface area contributed by atoms with Crippen LogP contribution in [0.25, 0.3) is 10.2 Å². The van der Waals surface area contributed by atoms with Crippen LogP contribution in [0.5, 0.6) is 0 Å². The Hall–Kier alpha value is -2.55. The predicted octanol–water partition coefficient (Wildman–Crippen LogP) is 2.17. The molecular weight excluding hydrogens is 354 g/mol. The Morgan fingerprint density at radius 1 is 1.42 bits per heavy atom. The van der Waals surface area contributed by atoms with Gasteiger partial charge in [0.2, 0.25) is 0 Å². The van der Waals surface area contributed by atoms with Crippen molar-refractivity contribution >= 4 is 45.1 Å². The zero-order valence-electron chi connectivity index (χ0n) is 14.6. The van der Waals surface area contributed by atoms with Crippen molar-refractivity contribution in [2.24, 2.45) is 5.73 Å². The number of thiophene rings is 1. The topological polar surface area (TPSA) is 135 Å². The van der Waals surface area contributed by atoms with Crippen LogP contribution in [0.4, 0.5) is 16.3 Å². The highest BCUT2D eigenvalue weighted by Crippen LogP contribution is 2.37. The molecule has 0 spiro atoms. The second-order valence-electron chi connectivity index (χ2n) is 6.49. The number of carbonyl (C=O) groups excluding carboxylic acids is 1. The van der Waals surface area contributed by atoms with Gasteiger partial charge in [0, 0.05) is 24.5 Å². The van der Waals surface area contributed by atoms with Crippen molar-refractivity contribution in [1.82, 2.24) is 10.3 Å². The molecule has 0 unspecified atom stereocenters. The van der Waals surface area contributed by atoms with Gasteiger partial charge in [0.15, 0.2) is 0 Å². The fourth-order valence-electron chi connectivity index (χ4n) is 3.42. The van der Waals surface area contributed by atoms with Crippen molar-refractivity contribution in [3.05, 3.63) is 16.5 Å². The summed E-state index contributed by atoms with van der Waals surface area (Å²) in [5, 5.41) is 12.2. The van der Waals surface area contributed by atoms with Gasteiger partial charge in [0.05, 0.1) is 5.69 Å². The molecule has 0 radical (unpaired) electrons. The van der Waals surface area contributed by atoms with Gasteiger partial charge in [-0.1, -0.05) is 13.3 Å². The third-order valence-corrected chi connectivity index (χ3v) is 5.77. The van der Waals surface area contributed by atoms with E-state index in [1.54, 1.807) is 0 Å². The number of pyridine rings is 1. The average Bonchev–Trinajstić information content (AvgIpc) is 2.92. The van der Waals surface area contributed by atoms with E-state index in [0.717, 1.165) is 60.4 Å². The Morgan fingerprint density at radius 2 is 2.12 bits per heavy atom. The Kier molecular flexibility index (Phi) is 5.17. The van der Waals surface area contributed by atoms with Gasteiger partial charge in [-0.25, -0.2) is 9.78 Å². The van der Waals surface area contributed by atoms with Crippen molar-refractivity contribution in [2.45, 2.75) is 38.6 Å². The number of carboxylic acid groups (broad SMARTS) is 1. The standard InChI is InChI=1S/C17H23N5O3S/c1-2-3-9-8-11(22-6-4-10(5-7-22)20-17(24)25)21-16-12(9)13(18)14(26-16)15(19)23/h8,10,20H,2-7,18H2,1H3,(H2,19,23)(H,24,25). The normalized spacial score (nSPS) is 15.3. The van der Waals surface area contributed by atoms with Crippen LogP contribution in [0, 0.1) is 0 Å². The predicted molar refractivity (Wildman–Crippen MR) is 103 cm³/mol. The Labute approximate surface area is 155 Å². The molecule has 9 heteroatoms. The lowest BCUT2D eigenvalue weighted by atomic mass is 10.0. The number of nitrogens with two attached hydrogens (primary N) is 2. The molecule has 2 aromatic rings. The van der Waals surface area contributed by atoms with Gasteiger partial charge in [-0.2, -0.15) is 0 Å². The minimum absolute atomic E-state index is 0.0264. The summed E-state index contributed by atoms with van der Waals surface area (Å²) >= 11 is 1.23. The highest BCUT2D eigenvalue weighted by Gasteiger charge is 2.24. The van der Waals surface area contributed by atoms with Gasteiger partial charge in [-0.15, -0.1) is 11.3 Å². The smallest absolute Gasteiger partial charge is 0.404 e. The van der Waals surface area contributed by atoms with E-state index in [2.05, 4.69) is 17.1 Å². The Morgan fingerprint density at radius 3 is 2.69 bits per heavy atom. The minimum atomic E-state index is -0.985. The molecule has 1 saturated heterocycles. The maximum atomic E-state index is 11.6. The first kappa shape index (κ1) is 18.2. The minimum Gasteiger partial charge on any atom is -0.465 e. The summed E-state index contributed by atoms with van der Waals surface area (Å²) < 4.78 is 0. The van der Waals surface area contributed by atoms with E-state index in [1.165, 1.54) is 11.3 Å². The number of piperidine rings is 1. The molecule has 0 bridgehead atoms. The van der Waals surface area contributed by atoms with E-state index >= 15 is 0 Å². The summed E-state index contributed by atoms with van der Waals surface area (Å²) in [6.45, 7) is 3.53. The molecule has 2 amide bonds. The number of fused-ring (bicyclic) bond motifs is 1. The molecule has 140 valence electrons. The third kappa shape index (κ3) is 3.52. The van der Waals surface area contributed by atoms with E-state index in [4.69, 9.17) is 21.6 Å². The molecule has 1 aliphatic heterocycles. The molecule has 2 aromatic heterocycles. The number of anilines is 2. The number of amides is 2. The molecule has 6 N–H and O–H groups in total. The first-order valence-electron chi connectivity index (χ1n) is 8.66. The summed E-state index contributed by atoms with van der Waals surface area (Å²) in [5.74, 6) is 0.307. The SMILES string of the molecule is CCCc1cc(N2CCC(NC(=O)O)CC2)nc2sc(C(N)=O)c(N)c12. The van der Waals surface area contributed by atoms with E-state index in [9.17, 15) is 9.59 Å². The number of hydrogen-bond donors (Lipinski definition) is 4. The van der Waals surface area contributed by atoms with E-state index in [-0.39, 0.29) is 6.04 Å². The van der Waals surface area contributed by atoms with Gasteiger partial charge < -0.3 is 26.8 Å². The zero-order chi connectivity index (χ0) is 18.8. The highest BCUT2D eigenvalue weighted by molar-refractivity contribution is 7.21. The summed E-state index contributed by atoms with van der Waals surface area (Å²) in [4.78, 5) is 30.4. The highest BCUT2D eigenvalue weighted by atomic mass is 32.1. The lowest BCUT2D eigenvalue weighted by molar-refractivity contribution is 0.100. The molecule has 1 fully saturated rings. The Balaban J connectivity index is 1.92. The van der Waals surface area contributed by atoms with Crippen molar-refractivity contribution in [3.63, 3.8) is 0 Å². The van der Waals surface area contributed by atoms with E-state index in [0.29, 0.717) is 10.6 Å². The van der Waals surface area contributed by atoms with Crippen molar-refractivity contribution < 1.29 is 14.7 Å². The van der Waals surface area contributed by atoms with Crippen LogP contribution in [0.3, 0.4) is 0 Å². The van der Waals surface area contributed by atoms with Gasteiger partial charge >= 0.3 is 6.09 Å². The van der Waals surface area contributed by atoms with Crippen molar-refractivity contribution in [1.29, 1.82) is 0 Å². The van der Waals surface area contributed by atoms with Gasteiger partial charge in [-0.05, 0) is 30.9 Å². The van der Waals surface area contributed by atoms with Crippen LogP contribution in [0.2, 0.25) is 0 Å². The first-order valence-corrected chi connectivity index (χ1v) is 9.48. The average molecular weight is 377 g/mol. The lowest BCUT2D eigenvalue weighted by Crippen LogP contribution is -2.44. The van der Waals surface area contributed by atoms with E-state index < -0.39 is 12.0 Å². The van der Waals surface area contributed by atoms with Crippen molar-refractivity contribution in [2.75, 3.05) is 23.7 Å². The number of primary amides is 1. The van der Waals surface area contributed by atoms with Gasteiger partial charge in [0.25, 0.3) is 5.91 Å². The van der Waals surface area contributed by atoms with Crippen LogP contribution in [-0.4, -0.2) is 41.2 Å². The summed E-state index contributed by atoms with van der Waals surface area (Å²) in [5.41, 5.74) is 13.1. The number of nitrogen functional groups attached to an aromatic ring is 1. The first-order chi connectivity index (χ1) is 12.4. The molecule has 0 atom stereocenters. The molecule has 26 heavy (non-hydrogen) atoms. The molecule has 1 aliphatic rings. The number of rotatable bonds is 5. The largest absolute Gasteiger partial charge is 0.465 e. The Bertz CT molecular complexity index is 843. The third-order valence-electron chi connectivity index (χ3n) is 4.66. The molecule has 0 aromatic carbocycles. The van der Waals surface area contributed by atoms with Crippen LogP contribution in [0.15, 0.2) is 6.07 Å². The fraction of sp³-hybridized carbons (Fsp3) is 0.471. The molecule has 8 nitrogen and oxygen atoms in total. The molecule has 0 saturated carbocycles. The number of aromatic nitrogens is 1. The lowest BCUT2D eigenvalue weighted by Gasteiger charge is -2.32. The van der Waals surface area contributed by atoms with Crippen LogP contribution in [-0.2, 0) is 6.42 Å². The summed E-state index contributed by atoms with van der Waals surface area (Å²) in [6.07, 6.45) is 2.26. The fourth-order valence-corrected chi connectivity index (χ4v) is 4.41. The van der Waals surface area contributed by atoms with Gasteiger partial charge in [0.1, 0.15) is 15.5 Å². The maximum absolute atomic E-state index is 11.6. The van der Waals surface area contributed by atoms with Gasteiger partial charge in [-0.3, -0.25) is 4.79 Å². The number of nitrogens with one attached hydrogen (secondary N) is 1. The monoisotopic (exact) mass is 377 g/mol. The molecule has 3 rings (SSSR count). The zero-order valence-corrected chi connectivity index (χ0v) is 15.4. The number of hydrogen-bond acceptors (Lipinski definition) is 6. The molecule has 3 heterocycles. The summed E-state index contributed by atoms with van der Waals surface area (Å²) in [6, 6.07) is 2.01. The van der Waals surface area contributed by atoms with E-state index in [1.807, 2.05) is 6.07 Å². The maximum Gasteiger partial charge on any atom is 0.404 e. The second-order valence-corrected chi connectivity index (χ2v) is 7.49. The second kappa shape index (κ2) is 7.36. The van der Waals surface area contributed by atoms with Crippen molar-refractivity contribution in [3.8, 4) is 0 Å². The van der Waals surface area contributed by atoms with Crippen LogP contribution in [0.1, 0.15) is 41.4 Å². The number of nitrogens with zero attached hydrogens (tertiary/aromatic N) is 2. The number of carbonyl (C=O) groups is 2. The van der Waals surface area contributed by atoms with Crippen LogP contribution >= 0.6 is 11.3 Å². The molecular formula is C17H23N5O3S. The quantitative estimate of drug-likeness (QED) is 0.631. The molecule has 0 aliphatic carbocycles. The summed E-state index contributed by atoms with van der Waals surface area (Å²) in [7, 11) is 0. The number of aryl methyl sites for hydroxylation is 1. The van der Waals surface area contributed by atoms with Crippen LogP contribution < -0.4 is 21.7 Å².